The Balaban J connectivity index is 1.68. The van der Waals surface area contributed by atoms with Gasteiger partial charge in [0.2, 0.25) is 0 Å². The molecule has 0 aliphatic heterocycles. The summed E-state index contributed by atoms with van der Waals surface area (Å²) in [6, 6.07) is 4.52. The molecule has 0 fully saturated rings. The molecule has 0 unspecified atom stereocenters. The van der Waals surface area contributed by atoms with Crippen molar-refractivity contribution in [1.29, 1.82) is 0 Å². The second-order valence-corrected chi connectivity index (χ2v) is 5.79. The number of nitrogens with one attached hydrogen (secondary N) is 2. The van der Waals surface area contributed by atoms with Crippen LogP contribution in [0.2, 0.25) is 0 Å². The van der Waals surface area contributed by atoms with Gasteiger partial charge in [-0.2, -0.15) is 0 Å². The molecule has 0 atom stereocenters. The average molecular weight is 371 g/mol. The SMILES string of the molecule is Cn1c(=O)c2cc(C(=O)NCCNC(=O)c3ccco3)cnc2n(C)c1=O. The molecule has 2 amide bonds. The Labute approximate surface area is 152 Å². The first-order chi connectivity index (χ1) is 12.9. The fourth-order valence-corrected chi connectivity index (χ4v) is 2.54. The lowest BCUT2D eigenvalue weighted by molar-refractivity contribution is 0.0910. The Morgan fingerprint density at radius 1 is 1.11 bits per heavy atom. The minimum Gasteiger partial charge on any atom is -0.459 e. The maximum absolute atomic E-state index is 12.3. The molecule has 0 saturated carbocycles. The van der Waals surface area contributed by atoms with Crippen LogP contribution in [0.5, 0.6) is 0 Å². The van der Waals surface area contributed by atoms with Crippen LogP contribution in [-0.4, -0.2) is 39.0 Å². The van der Waals surface area contributed by atoms with Gasteiger partial charge in [-0.25, -0.2) is 9.78 Å². The van der Waals surface area contributed by atoms with Crippen molar-refractivity contribution in [1.82, 2.24) is 24.8 Å². The van der Waals surface area contributed by atoms with Crippen molar-refractivity contribution in [3.63, 3.8) is 0 Å². The molecule has 0 aliphatic carbocycles. The van der Waals surface area contributed by atoms with E-state index >= 15 is 0 Å². The number of pyridine rings is 1. The summed E-state index contributed by atoms with van der Waals surface area (Å²) in [5, 5.41) is 5.39. The van der Waals surface area contributed by atoms with Gasteiger partial charge in [-0.05, 0) is 18.2 Å². The van der Waals surface area contributed by atoms with Gasteiger partial charge in [0.15, 0.2) is 5.76 Å². The van der Waals surface area contributed by atoms with Gasteiger partial charge in [-0.3, -0.25) is 23.5 Å². The molecule has 0 aromatic carbocycles. The van der Waals surface area contributed by atoms with Gasteiger partial charge in [0.1, 0.15) is 5.65 Å². The molecular weight excluding hydrogens is 354 g/mol. The monoisotopic (exact) mass is 371 g/mol. The van der Waals surface area contributed by atoms with E-state index < -0.39 is 17.2 Å². The van der Waals surface area contributed by atoms with E-state index in [9.17, 15) is 19.2 Å². The zero-order valence-electron chi connectivity index (χ0n) is 14.7. The fraction of sp³-hybridized carbons (Fsp3) is 0.235. The minimum atomic E-state index is -0.527. The molecule has 140 valence electrons. The lowest BCUT2D eigenvalue weighted by Gasteiger charge is -2.09. The van der Waals surface area contributed by atoms with Crippen LogP contribution in [0.1, 0.15) is 20.9 Å². The number of carbonyl (C=O) groups is 2. The largest absolute Gasteiger partial charge is 0.459 e. The van der Waals surface area contributed by atoms with Crippen molar-refractivity contribution < 1.29 is 14.0 Å². The van der Waals surface area contributed by atoms with Crippen LogP contribution in [0.3, 0.4) is 0 Å². The Kier molecular flexibility index (Phi) is 4.88. The number of amides is 2. The number of fused-ring (bicyclic) bond motifs is 1. The zero-order valence-corrected chi connectivity index (χ0v) is 14.7. The number of carbonyl (C=O) groups excluding carboxylic acids is 2. The summed E-state index contributed by atoms with van der Waals surface area (Å²) in [4.78, 5) is 52.2. The molecule has 3 aromatic heterocycles. The molecule has 3 aromatic rings. The summed E-state index contributed by atoms with van der Waals surface area (Å²) in [6.07, 6.45) is 2.68. The second-order valence-electron chi connectivity index (χ2n) is 5.79. The summed E-state index contributed by atoms with van der Waals surface area (Å²) in [5.41, 5.74) is -0.647. The highest BCUT2D eigenvalue weighted by Crippen LogP contribution is 2.07. The molecule has 3 rings (SSSR count). The van der Waals surface area contributed by atoms with Crippen molar-refractivity contribution in [3.05, 3.63) is 62.8 Å². The first kappa shape index (κ1) is 18.1. The maximum Gasteiger partial charge on any atom is 0.332 e. The van der Waals surface area contributed by atoms with Gasteiger partial charge in [-0.15, -0.1) is 0 Å². The van der Waals surface area contributed by atoms with E-state index in [1.54, 1.807) is 6.07 Å². The van der Waals surface area contributed by atoms with Crippen LogP contribution < -0.4 is 21.9 Å². The van der Waals surface area contributed by atoms with Crippen LogP contribution in [0, 0.1) is 0 Å². The summed E-state index contributed by atoms with van der Waals surface area (Å²) >= 11 is 0. The molecule has 10 nitrogen and oxygen atoms in total. The number of aryl methyl sites for hydroxylation is 1. The van der Waals surface area contributed by atoms with E-state index in [4.69, 9.17) is 4.42 Å². The topological polar surface area (TPSA) is 128 Å². The van der Waals surface area contributed by atoms with Gasteiger partial charge in [-0.1, -0.05) is 0 Å². The van der Waals surface area contributed by atoms with Gasteiger partial charge in [0, 0.05) is 33.4 Å². The van der Waals surface area contributed by atoms with Crippen LogP contribution >= 0.6 is 0 Å². The van der Waals surface area contributed by atoms with E-state index in [0.29, 0.717) is 0 Å². The van der Waals surface area contributed by atoms with E-state index in [1.807, 2.05) is 0 Å². The van der Waals surface area contributed by atoms with Crippen LogP contribution in [0.25, 0.3) is 11.0 Å². The molecule has 0 bridgehead atoms. The smallest absolute Gasteiger partial charge is 0.332 e. The predicted molar refractivity (Wildman–Crippen MR) is 95.6 cm³/mol. The summed E-state index contributed by atoms with van der Waals surface area (Å²) in [5.74, 6) is -0.653. The molecule has 27 heavy (non-hydrogen) atoms. The van der Waals surface area contributed by atoms with Crippen LogP contribution in [-0.2, 0) is 14.1 Å². The molecule has 0 aliphatic rings. The molecule has 0 spiro atoms. The van der Waals surface area contributed by atoms with E-state index in [0.717, 1.165) is 4.57 Å². The van der Waals surface area contributed by atoms with Gasteiger partial charge < -0.3 is 15.1 Å². The first-order valence-corrected chi connectivity index (χ1v) is 8.06. The predicted octanol–water partition coefficient (Wildman–Crippen LogP) is -0.615. The van der Waals surface area contributed by atoms with Gasteiger partial charge in [0.05, 0.1) is 17.2 Å². The first-order valence-electron chi connectivity index (χ1n) is 8.06. The highest BCUT2D eigenvalue weighted by atomic mass is 16.3. The van der Waals surface area contributed by atoms with Crippen molar-refractivity contribution in [2.75, 3.05) is 13.1 Å². The standard InChI is InChI=1S/C17H17N5O5/c1-21-13-11(16(25)22(2)17(21)26)8-10(9-20-13)14(23)18-5-6-19-15(24)12-4-3-7-27-12/h3-4,7-9H,5-6H2,1-2H3,(H,18,23)(H,19,24). The normalized spacial score (nSPS) is 10.7. The lowest BCUT2D eigenvalue weighted by Crippen LogP contribution is -2.37. The second kappa shape index (κ2) is 7.28. The molecule has 3 heterocycles. The number of aromatic nitrogens is 3. The highest BCUT2D eigenvalue weighted by Gasteiger charge is 2.13. The molecule has 10 heteroatoms. The Hall–Kier alpha value is -3.69. The van der Waals surface area contributed by atoms with Crippen molar-refractivity contribution >= 4 is 22.8 Å². The third-order valence-electron chi connectivity index (χ3n) is 4.00. The van der Waals surface area contributed by atoms with Gasteiger partial charge >= 0.3 is 5.69 Å². The maximum atomic E-state index is 12.3. The molecule has 0 radical (unpaired) electrons. The number of hydrogen-bond acceptors (Lipinski definition) is 6. The molecular formula is C17H17N5O5. The summed E-state index contributed by atoms with van der Waals surface area (Å²) < 4.78 is 7.15. The van der Waals surface area contributed by atoms with Crippen molar-refractivity contribution in [2.24, 2.45) is 14.1 Å². The lowest BCUT2D eigenvalue weighted by atomic mass is 10.2. The van der Waals surface area contributed by atoms with Crippen molar-refractivity contribution in [2.45, 2.75) is 0 Å². The zero-order chi connectivity index (χ0) is 19.6. The Morgan fingerprint density at radius 2 is 1.81 bits per heavy atom. The average Bonchev–Trinajstić information content (AvgIpc) is 3.22. The third-order valence-corrected chi connectivity index (χ3v) is 4.00. The van der Waals surface area contributed by atoms with Crippen molar-refractivity contribution in [3.8, 4) is 0 Å². The van der Waals surface area contributed by atoms with E-state index in [1.165, 1.54) is 43.3 Å². The molecule has 0 saturated heterocycles. The van der Waals surface area contributed by atoms with E-state index in [2.05, 4.69) is 15.6 Å². The number of hydrogen-bond donors (Lipinski definition) is 2. The van der Waals surface area contributed by atoms with Crippen LogP contribution in [0.15, 0.2) is 44.7 Å². The Bertz CT molecular complexity index is 1130. The fourth-order valence-electron chi connectivity index (χ4n) is 2.54. The Morgan fingerprint density at radius 3 is 2.48 bits per heavy atom. The quantitative estimate of drug-likeness (QED) is 0.576. The third kappa shape index (κ3) is 3.50. The number of furan rings is 1. The molecule has 2 N–H and O–H groups in total. The summed E-state index contributed by atoms with van der Waals surface area (Å²) in [6.45, 7) is 0.372. The van der Waals surface area contributed by atoms with Gasteiger partial charge in [0.25, 0.3) is 17.4 Å². The number of nitrogens with zero attached hydrogens (tertiary/aromatic N) is 3. The number of rotatable bonds is 5. The summed E-state index contributed by atoms with van der Waals surface area (Å²) in [7, 11) is 2.86. The van der Waals surface area contributed by atoms with Crippen LogP contribution in [0.4, 0.5) is 0 Å². The highest BCUT2D eigenvalue weighted by molar-refractivity contribution is 5.96. The minimum absolute atomic E-state index is 0.165. The van der Waals surface area contributed by atoms with E-state index in [-0.39, 0.29) is 41.4 Å².